The predicted octanol–water partition coefficient (Wildman–Crippen LogP) is 1.10. The fourth-order valence-electron chi connectivity index (χ4n) is 0.269. The van der Waals surface area contributed by atoms with Gasteiger partial charge in [0.2, 0.25) is 0 Å². The van der Waals surface area contributed by atoms with Crippen LogP contribution < -0.4 is 0 Å². The van der Waals surface area contributed by atoms with Crippen LogP contribution in [0.1, 0.15) is 6.92 Å². The van der Waals surface area contributed by atoms with Crippen molar-refractivity contribution < 1.29 is 4.74 Å². The first kappa shape index (κ1) is 7.19. The van der Waals surface area contributed by atoms with Gasteiger partial charge in [-0.05, 0) is 6.92 Å². The molecule has 0 saturated heterocycles. The predicted molar refractivity (Wildman–Crippen MR) is 31.2 cm³/mol. The minimum Gasteiger partial charge on any atom is -0.362 e. The molecule has 0 N–H and O–H groups in total. The molecule has 0 heterocycles. The van der Waals surface area contributed by atoms with Gasteiger partial charge in [0.1, 0.15) is 6.61 Å². The van der Waals surface area contributed by atoms with E-state index < -0.39 is 0 Å². The maximum absolute atomic E-state index is 7.97. The molecule has 0 amide bonds. The molecule has 0 rings (SSSR count). The highest BCUT2D eigenvalue weighted by Gasteiger charge is 1.75. The largest absolute Gasteiger partial charge is 0.362 e. The lowest BCUT2D eigenvalue weighted by Gasteiger charge is -1.87. The first-order chi connectivity index (χ1) is 3.91. The van der Waals surface area contributed by atoms with Crippen molar-refractivity contribution in [1.29, 1.82) is 5.26 Å². The van der Waals surface area contributed by atoms with Gasteiger partial charge in [-0.25, -0.2) is 0 Å². The van der Waals surface area contributed by atoms with E-state index in [-0.39, 0.29) is 6.61 Å². The summed E-state index contributed by atoms with van der Waals surface area (Å²) in [7, 11) is 0. The first-order valence-corrected chi connectivity index (χ1v) is 2.47. The van der Waals surface area contributed by atoms with Crippen LogP contribution in [0.4, 0.5) is 0 Å². The maximum Gasteiger partial charge on any atom is 0.134 e. The zero-order valence-corrected chi connectivity index (χ0v) is 4.92. The Morgan fingerprint density at radius 3 is 3.00 bits per heavy atom. The van der Waals surface area contributed by atoms with Gasteiger partial charge in [0.15, 0.2) is 0 Å². The molecule has 0 unspecified atom stereocenters. The van der Waals surface area contributed by atoms with Crippen LogP contribution in [0.25, 0.3) is 0 Å². The Morgan fingerprint density at radius 2 is 2.50 bits per heavy atom. The van der Waals surface area contributed by atoms with E-state index in [9.17, 15) is 0 Å². The van der Waals surface area contributed by atoms with Gasteiger partial charge in [-0.2, -0.15) is 5.26 Å². The lowest BCUT2D eigenvalue weighted by atomic mass is 10.5. The summed E-state index contributed by atoms with van der Waals surface area (Å²) in [4.78, 5) is 0. The fraction of sp³-hybridized carbons (Fsp3) is 0.500. The maximum atomic E-state index is 7.97. The molecule has 0 aromatic rings. The quantitative estimate of drug-likeness (QED) is 0.403. The van der Waals surface area contributed by atoms with Gasteiger partial charge in [-0.1, -0.05) is 12.2 Å². The summed E-state index contributed by atoms with van der Waals surface area (Å²) in [5.74, 6) is 0. The molecule has 8 heavy (non-hydrogen) atoms. The second kappa shape index (κ2) is 6.19. The number of hydrogen-bond donors (Lipinski definition) is 0. The molecular weight excluding hydrogens is 102 g/mol. The number of nitrogens with zero attached hydrogens (tertiary/aromatic N) is 1. The molecule has 0 saturated carbocycles. The van der Waals surface area contributed by atoms with Crippen LogP contribution in [0.2, 0.25) is 0 Å². The van der Waals surface area contributed by atoms with E-state index in [2.05, 4.69) is 0 Å². The van der Waals surface area contributed by atoms with Crippen LogP contribution in [0, 0.1) is 11.3 Å². The molecule has 0 radical (unpaired) electrons. The monoisotopic (exact) mass is 111 g/mol. The molecule has 0 aromatic carbocycles. The van der Waals surface area contributed by atoms with Gasteiger partial charge in [-0.3, -0.25) is 0 Å². The van der Waals surface area contributed by atoms with Gasteiger partial charge in [0, 0.05) is 0 Å². The van der Waals surface area contributed by atoms with Crippen LogP contribution >= 0.6 is 0 Å². The minimum atomic E-state index is 0.185. The Balaban J connectivity index is 2.85. The van der Waals surface area contributed by atoms with Crippen LogP contribution in [-0.4, -0.2) is 13.2 Å². The first-order valence-electron chi connectivity index (χ1n) is 2.47. The lowest BCUT2D eigenvalue weighted by molar-refractivity contribution is 0.198. The standard InChI is InChI=1S/C6H9NO/c1-2-3-5-8-6-4-7/h2-3H,5-6H2,1H3/b3-2+. The SMILES string of the molecule is C/C=C/COCC#N. The lowest BCUT2D eigenvalue weighted by Crippen LogP contribution is -1.89. The van der Waals surface area contributed by atoms with Crippen molar-refractivity contribution in [3.8, 4) is 6.07 Å². The van der Waals surface area contributed by atoms with Crippen LogP contribution in [0.3, 0.4) is 0 Å². The highest BCUT2D eigenvalue weighted by molar-refractivity contribution is 4.77. The van der Waals surface area contributed by atoms with Crippen molar-refractivity contribution in [2.75, 3.05) is 13.2 Å². The smallest absolute Gasteiger partial charge is 0.134 e. The summed E-state index contributed by atoms with van der Waals surface area (Å²) in [5.41, 5.74) is 0. The van der Waals surface area contributed by atoms with E-state index in [0.717, 1.165) is 0 Å². The molecule has 0 aliphatic carbocycles. The molecule has 0 spiro atoms. The number of allylic oxidation sites excluding steroid dienone is 1. The molecule has 0 aromatic heterocycles. The summed E-state index contributed by atoms with van der Waals surface area (Å²) in [6.45, 7) is 2.64. The van der Waals surface area contributed by atoms with Crippen LogP contribution in [0.5, 0.6) is 0 Å². The molecule has 2 heteroatoms. The summed E-state index contributed by atoms with van der Waals surface area (Å²) in [5, 5.41) is 7.97. The van der Waals surface area contributed by atoms with Crippen molar-refractivity contribution in [2.24, 2.45) is 0 Å². The number of hydrogen-bond acceptors (Lipinski definition) is 2. The summed E-state index contributed by atoms with van der Waals surface area (Å²) in [6.07, 6.45) is 3.74. The summed E-state index contributed by atoms with van der Waals surface area (Å²) < 4.78 is 4.78. The van der Waals surface area contributed by atoms with E-state index in [0.29, 0.717) is 6.61 Å². The molecule has 0 bridgehead atoms. The van der Waals surface area contributed by atoms with Crippen molar-refractivity contribution in [2.45, 2.75) is 6.92 Å². The van der Waals surface area contributed by atoms with Crippen LogP contribution in [0.15, 0.2) is 12.2 Å². The molecule has 0 aliphatic rings. The number of rotatable bonds is 3. The average molecular weight is 111 g/mol. The third kappa shape index (κ3) is 5.19. The van der Waals surface area contributed by atoms with Gasteiger partial charge in [0.05, 0.1) is 12.7 Å². The van der Waals surface area contributed by atoms with E-state index in [1.807, 2.05) is 25.1 Å². The summed E-state index contributed by atoms with van der Waals surface area (Å²) >= 11 is 0. The highest BCUT2D eigenvalue weighted by atomic mass is 16.5. The zero-order valence-electron chi connectivity index (χ0n) is 4.92. The zero-order chi connectivity index (χ0) is 6.24. The topological polar surface area (TPSA) is 33.0 Å². The van der Waals surface area contributed by atoms with Crippen molar-refractivity contribution >= 4 is 0 Å². The fourth-order valence-corrected chi connectivity index (χ4v) is 0.269. The molecule has 0 fully saturated rings. The second-order valence-corrected chi connectivity index (χ2v) is 1.24. The average Bonchev–Trinajstić information content (AvgIpc) is 1.81. The van der Waals surface area contributed by atoms with Gasteiger partial charge < -0.3 is 4.74 Å². The van der Waals surface area contributed by atoms with Gasteiger partial charge in [-0.15, -0.1) is 0 Å². The third-order valence-electron chi connectivity index (χ3n) is 0.616. The molecule has 0 aliphatic heterocycles. The number of ether oxygens (including phenoxy) is 1. The molecule has 2 nitrogen and oxygen atoms in total. The number of nitriles is 1. The van der Waals surface area contributed by atoms with Gasteiger partial charge in [0.25, 0.3) is 0 Å². The Labute approximate surface area is 49.4 Å². The third-order valence-corrected chi connectivity index (χ3v) is 0.616. The Kier molecular flexibility index (Phi) is 5.56. The Hall–Kier alpha value is -0.810. The Morgan fingerprint density at radius 1 is 1.75 bits per heavy atom. The summed E-state index contributed by atoms with van der Waals surface area (Å²) in [6, 6.07) is 1.87. The van der Waals surface area contributed by atoms with Crippen molar-refractivity contribution in [1.82, 2.24) is 0 Å². The second-order valence-electron chi connectivity index (χ2n) is 1.24. The van der Waals surface area contributed by atoms with Crippen LogP contribution in [-0.2, 0) is 4.74 Å². The van der Waals surface area contributed by atoms with E-state index in [1.54, 1.807) is 0 Å². The normalized spacial score (nSPS) is 9.50. The van der Waals surface area contributed by atoms with E-state index in [1.165, 1.54) is 0 Å². The van der Waals surface area contributed by atoms with E-state index in [4.69, 9.17) is 10.00 Å². The molecule has 44 valence electrons. The Bertz CT molecular complexity index is 102. The molecular formula is C6H9NO. The van der Waals surface area contributed by atoms with Crippen molar-refractivity contribution in [3.63, 3.8) is 0 Å². The van der Waals surface area contributed by atoms with Crippen molar-refractivity contribution in [3.05, 3.63) is 12.2 Å². The highest BCUT2D eigenvalue weighted by Crippen LogP contribution is 1.74. The molecule has 0 atom stereocenters. The van der Waals surface area contributed by atoms with E-state index >= 15 is 0 Å². The minimum absolute atomic E-state index is 0.185. The van der Waals surface area contributed by atoms with Gasteiger partial charge >= 0.3 is 0 Å².